The van der Waals surface area contributed by atoms with E-state index in [0.29, 0.717) is 5.56 Å². The van der Waals surface area contributed by atoms with Gasteiger partial charge in [-0.2, -0.15) is 13.2 Å². The Balaban J connectivity index is 3.17. The van der Waals surface area contributed by atoms with E-state index in [1.165, 1.54) is 6.07 Å². The lowest BCUT2D eigenvalue weighted by Crippen LogP contribution is -2.17. The van der Waals surface area contributed by atoms with Crippen LogP contribution < -0.4 is 10.5 Å². The van der Waals surface area contributed by atoms with Gasteiger partial charge >= 0.3 is 6.18 Å². The highest BCUT2D eigenvalue weighted by atomic mass is 19.4. The standard InChI is InChI=1S/C11H14F3NO2/c1-2-17-10-5-7(11(12,13)14)3-4-8(10)9(15)6-16/h3-5,9,16H,2,6,15H2,1H3. The van der Waals surface area contributed by atoms with Crippen molar-refractivity contribution < 1.29 is 23.0 Å². The molecule has 0 aliphatic carbocycles. The maximum Gasteiger partial charge on any atom is 0.416 e. The van der Waals surface area contributed by atoms with E-state index in [4.69, 9.17) is 15.6 Å². The maximum atomic E-state index is 12.5. The Labute approximate surface area is 97.0 Å². The molecule has 0 bridgehead atoms. The minimum Gasteiger partial charge on any atom is -0.494 e. The van der Waals surface area contributed by atoms with Crippen molar-refractivity contribution >= 4 is 0 Å². The van der Waals surface area contributed by atoms with E-state index in [1.807, 2.05) is 0 Å². The van der Waals surface area contributed by atoms with Crippen LogP contribution in [0, 0.1) is 0 Å². The summed E-state index contributed by atoms with van der Waals surface area (Å²) in [5.74, 6) is 0.0591. The summed E-state index contributed by atoms with van der Waals surface area (Å²) < 4.78 is 42.6. The van der Waals surface area contributed by atoms with Crippen LogP contribution in [0.25, 0.3) is 0 Å². The molecule has 0 aliphatic rings. The summed E-state index contributed by atoms with van der Waals surface area (Å²) in [4.78, 5) is 0. The van der Waals surface area contributed by atoms with E-state index in [0.717, 1.165) is 12.1 Å². The van der Waals surface area contributed by atoms with Gasteiger partial charge in [0.05, 0.1) is 24.8 Å². The molecular formula is C11H14F3NO2. The Kier molecular flexibility index (Phi) is 4.36. The number of alkyl halides is 3. The number of halogens is 3. The summed E-state index contributed by atoms with van der Waals surface area (Å²) >= 11 is 0. The molecule has 3 nitrogen and oxygen atoms in total. The van der Waals surface area contributed by atoms with E-state index in [9.17, 15) is 13.2 Å². The van der Waals surface area contributed by atoms with Crippen molar-refractivity contribution in [2.24, 2.45) is 5.73 Å². The molecule has 1 atom stereocenters. The number of nitrogens with two attached hydrogens (primary N) is 1. The number of hydrogen-bond donors (Lipinski definition) is 2. The molecule has 0 heterocycles. The molecule has 0 radical (unpaired) electrons. The van der Waals surface area contributed by atoms with Gasteiger partial charge in [-0.25, -0.2) is 0 Å². The molecule has 1 aromatic carbocycles. The summed E-state index contributed by atoms with van der Waals surface area (Å²) in [6.45, 7) is 1.53. The quantitative estimate of drug-likeness (QED) is 0.859. The van der Waals surface area contributed by atoms with E-state index in [1.54, 1.807) is 6.92 Å². The third-order valence-corrected chi connectivity index (χ3v) is 2.24. The Morgan fingerprint density at radius 2 is 2.06 bits per heavy atom. The van der Waals surface area contributed by atoms with Gasteiger partial charge < -0.3 is 15.6 Å². The van der Waals surface area contributed by atoms with Crippen molar-refractivity contribution in [2.45, 2.75) is 19.1 Å². The minimum absolute atomic E-state index is 0.0591. The van der Waals surface area contributed by atoms with Crippen molar-refractivity contribution in [1.82, 2.24) is 0 Å². The highest BCUT2D eigenvalue weighted by Crippen LogP contribution is 2.34. The van der Waals surface area contributed by atoms with Crippen LogP contribution in [-0.2, 0) is 6.18 Å². The lowest BCUT2D eigenvalue weighted by Gasteiger charge is -2.16. The second-order valence-electron chi connectivity index (χ2n) is 3.47. The molecular weight excluding hydrogens is 235 g/mol. The van der Waals surface area contributed by atoms with Crippen LogP contribution in [0.2, 0.25) is 0 Å². The van der Waals surface area contributed by atoms with Gasteiger partial charge in [0.1, 0.15) is 5.75 Å². The molecule has 0 saturated carbocycles. The molecule has 0 saturated heterocycles. The van der Waals surface area contributed by atoms with E-state index >= 15 is 0 Å². The predicted octanol–water partition coefficient (Wildman–Crippen LogP) is 2.10. The fourth-order valence-electron chi connectivity index (χ4n) is 1.40. The second kappa shape index (κ2) is 5.37. The lowest BCUT2D eigenvalue weighted by atomic mass is 10.0. The molecule has 6 heteroatoms. The Hall–Kier alpha value is -1.27. The number of benzene rings is 1. The molecule has 0 aliphatic heterocycles. The smallest absolute Gasteiger partial charge is 0.416 e. The van der Waals surface area contributed by atoms with Crippen LogP contribution in [0.4, 0.5) is 13.2 Å². The van der Waals surface area contributed by atoms with E-state index < -0.39 is 17.8 Å². The van der Waals surface area contributed by atoms with Gasteiger partial charge in [-0.15, -0.1) is 0 Å². The minimum atomic E-state index is -4.42. The van der Waals surface area contributed by atoms with E-state index in [2.05, 4.69) is 0 Å². The van der Waals surface area contributed by atoms with Crippen molar-refractivity contribution in [3.05, 3.63) is 29.3 Å². The number of ether oxygens (including phenoxy) is 1. The number of aliphatic hydroxyl groups is 1. The molecule has 0 aromatic heterocycles. The van der Waals surface area contributed by atoms with Gasteiger partial charge in [0, 0.05) is 5.56 Å². The average Bonchev–Trinajstić information content (AvgIpc) is 2.27. The number of hydrogen-bond acceptors (Lipinski definition) is 3. The highest BCUT2D eigenvalue weighted by Gasteiger charge is 2.31. The Bertz CT molecular complexity index is 379. The third-order valence-electron chi connectivity index (χ3n) is 2.24. The van der Waals surface area contributed by atoms with Gasteiger partial charge in [-0.1, -0.05) is 6.07 Å². The molecule has 0 spiro atoms. The average molecular weight is 249 g/mol. The molecule has 1 rings (SSSR count). The highest BCUT2D eigenvalue weighted by molar-refractivity contribution is 5.40. The van der Waals surface area contributed by atoms with Crippen LogP contribution in [-0.4, -0.2) is 18.3 Å². The second-order valence-corrected chi connectivity index (χ2v) is 3.47. The first kappa shape index (κ1) is 13.8. The lowest BCUT2D eigenvalue weighted by molar-refractivity contribution is -0.137. The summed E-state index contributed by atoms with van der Waals surface area (Å²) in [7, 11) is 0. The fraction of sp³-hybridized carbons (Fsp3) is 0.455. The zero-order valence-corrected chi connectivity index (χ0v) is 9.29. The van der Waals surface area contributed by atoms with Gasteiger partial charge in [0.25, 0.3) is 0 Å². The normalized spacial score (nSPS) is 13.5. The van der Waals surface area contributed by atoms with Gasteiger partial charge in [0.2, 0.25) is 0 Å². The largest absolute Gasteiger partial charge is 0.494 e. The molecule has 3 N–H and O–H groups in total. The van der Waals surface area contributed by atoms with Gasteiger partial charge in [-0.3, -0.25) is 0 Å². The number of rotatable bonds is 4. The monoisotopic (exact) mass is 249 g/mol. The molecule has 0 fully saturated rings. The molecule has 0 amide bonds. The van der Waals surface area contributed by atoms with Crippen LogP contribution in [0.5, 0.6) is 5.75 Å². The van der Waals surface area contributed by atoms with Crippen LogP contribution in [0.1, 0.15) is 24.1 Å². The summed E-state index contributed by atoms with van der Waals surface area (Å²) in [5.41, 5.74) is 5.14. The molecule has 1 unspecified atom stereocenters. The zero-order valence-electron chi connectivity index (χ0n) is 9.29. The van der Waals surface area contributed by atoms with Crippen molar-refractivity contribution in [1.29, 1.82) is 0 Å². The SMILES string of the molecule is CCOc1cc(C(F)(F)F)ccc1C(N)CO. The van der Waals surface area contributed by atoms with Crippen LogP contribution in [0.3, 0.4) is 0 Å². The topological polar surface area (TPSA) is 55.5 Å². The van der Waals surface area contributed by atoms with Gasteiger partial charge in [-0.05, 0) is 19.1 Å². The predicted molar refractivity (Wildman–Crippen MR) is 56.6 cm³/mol. The molecule has 96 valence electrons. The molecule has 17 heavy (non-hydrogen) atoms. The molecule has 1 aromatic rings. The first-order valence-electron chi connectivity index (χ1n) is 5.10. The number of aliphatic hydroxyl groups excluding tert-OH is 1. The van der Waals surface area contributed by atoms with Gasteiger partial charge in [0.15, 0.2) is 0 Å². The fourth-order valence-corrected chi connectivity index (χ4v) is 1.40. The first-order chi connectivity index (χ1) is 7.90. The Morgan fingerprint density at radius 1 is 1.41 bits per heavy atom. The zero-order chi connectivity index (χ0) is 13.1. The summed E-state index contributed by atoms with van der Waals surface area (Å²) in [6, 6.07) is 2.30. The van der Waals surface area contributed by atoms with Crippen molar-refractivity contribution in [3.63, 3.8) is 0 Å². The van der Waals surface area contributed by atoms with Crippen LogP contribution >= 0.6 is 0 Å². The van der Waals surface area contributed by atoms with Crippen molar-refractivity contribution in [3.8, 4) is 5.75 Å². The van der Waals surface area contributed by atoms with Crippen molar-refractivity contribution in [2.75, 3.05) is 13.2 Å². The first-order valence-corrected chi connectivity index (χ1v) is 5.10. The Morgan fingerprint density at radius 3 is 2.53 bits per heavy atom. The van der Waals surface area contributed by atoms with E-state index in [-0.39, 0.29) is 19.0 Å². The third kappa shape index (κ3) is 3.34. The summed E-state index contributed by atoms with van der Waals surface area (Å²) in [6.07, 6.45) is -4.42. The van der Waals surface area contributed by atoms with Crippen LogP contribution in [0.15, 0.2) is 18.2 Å². The maximum absolute atomic E-state index is 12.5. The summed E-state index contributed by atoms with van der Waals surface area (Å²) in [5, 5.41) is 8.91.